The van der Waals surface area contributed by atoms with Crippen molar-refractivity contribution in [1.29, 1.82) is 0 Å². The Hall–Kier alpha value is -1.59. The summed E-state index contributed by atoms with van der Waals surface area (Å²) in [6.45, 7) is 4.10. The number of amides is 1. The number of nitrogens with zero attached hydrogens (tertiary/aromatic N) is 1. The van der Waals surface area contributed by atoms with Gasteiger partial charge >= 0.3 is 0 Å². The maximum atomic E-state index is 12.3. The molecule has 0 saturated carbocycles. The Morgan fingerprint density at radius 2 is 1.92 bits per heavy atom. The summed E-state index contributed by atoms with van der Waals surface area (Å²) < 4.78 is 0. The highest BCUT2D eigenvalue weighted by atomic mass is 35.5. The van der Waals surface area contributed by atoms with Crippen LogP contribution in [0.2, 0.25) is 5.02 Å². The first-order chi connectivity index (χ1) is 11.1. The largest absolute Gasteiger partial charge is 0.329 e. The lowest BCUT2D eigenvalue weighted by atomic mass is 10.2. The molecule has 0 spiro atoms. The van der Waals surface area contributed by atoms with Gasteiger partial charge < -0.3 is 11.1 Å². The first-order valence-electron chi connectivity index (χ1n) is 7.61. The van der Waals surface area contributed by atoms with Crippen molar-refractivity contribution in [2.75, 3.05) is 25.0 Å². The maximum absolute atomic E-state index is 12.3. The predicted octanol–water partition coefficient (Wildman–Crippen LogP) is 3.47. The van der Waals surface area contributed by atoms with E-state index >= 15 is 0 Å². The smallest absolute Gasteiger partial charge is 0.238 e. The van der Waals surface area contributed by atoms with Crippen LogP contribution in [0.4, 0.5) is 5.69 Å². The third-order valence-electron chi connectivity index (χ3n) is 3.54. The first-order valence-corrected chi connectivity index (χ1v) is 7.98. The topological polar surface area (TPSA) is 58.4 Å². The van der Waals surface area contributed by atoms with E-state index in [2.05, 4.69) is 5.32 Å². The summed E-state index contributed by atoms with van der Waals surface area (Å²) in [6.07, 6.45) is 0. The monoisotopic (exact) mass is 367 g/mol. The molecular formula is C18H23Cl2N3O. The molecule has 2 aromatic rings. The fraction of sp³-hybridized carbons (Fsp3) is 0.278. The molecule has 0 aliphatic rings. The summed E-state index contributed by atoms with van der Waals surface area (Å²) in [7, 11) is 0. The summed E-state index contributed by atoms with van der Waals surface area (Å²) in [5.74, 6) is -0.0697. The number of aryl methyl sites for hydroxylation is 1. The summed E-state index contributed by atoms with van der Waals surface area (Å²) in [5.41, 5.74) is 8.55. The number of carbonyl (C=O) groups excluding carboxylic acids is 1. The molecule has 3 N–H and O–H groups in total. The summed E-state index contributed by atoms with van der Waals surface area (Å²) in [6, 6.07) is 15.5. The quantitative estimate of drug-likeness (QED) is 0.787. The normalized spacial score (nSPS) is 10.3. The molecule has 6 heteroatoms. The molecule has 0 radical (unpaired) electrons. The van der Waals surface area contributed by atoms with Crippen LogP contribution in [0.15, 0.2) is 48.5 Å². The van der Waals surface area contributed by atoms with Gasteiger partial charge in [-0.05, 0) is 30.2 Å². The van der Waals surface area contributed by atoms with Crippen LogP contribution in [0, 0.1) is 6.92 Å². The molecule has 0 atom stereocenters. The number of rotatable bonds is 7. The van der Waals surface area contributed by atoms with Gasteiger partial charge in [0.1, 0.15) is 0 Å². The second kappa shape index (κ2) is 10.3. The number of anilines is 1. The second-order valence-corrected chi connectivity index (χ2v) is 5.93. The Morgan fingerprint density at radius 3 is 2.58 bits per heavy atom. The van der Waals surface area contributed by atoms with Crippen LogP contribution in [0.3, 0.4) is 0 Å². The third-order valence-corrected chi connectivity index (χ3v) is 3.77. The van der Waals surface area contributed by atoms with Gasteiger partial charge in [0.2, 0.25) is 5.91 Å². The predicted molar refractivity (Wildman–Crippen MR) is 103 cm³/mol. The van der Waals surface area contributed by atoms with Crippen LogP contribution in [0.5, 0.6) is 0 Å². The third kappa shape index (κ3) is 6.49. The van der Waals surface area contributed by atoms with E-state index in [1.54, 1.807) is 6.07 Å². The van der Waals surface area contributed by atoms with Crippen molar-refractivity contribution in [3.63, 3.8) is 0 Å². The maximum Gasteiger partial charge on any atom is 0.238 e. The van der Waals surface area contributed by atoms with E-state index in [1.165, 1.54) is 0 Å². The lowest BCUT2D eigenvalue weighted by Crippen LogP contribution is -2.36. The van der Waals surface area contributed by atoms with Crippen LogP contribution in [0.25, 0.3) is 0 Å². The van der Waals surface area contributed by atoms with Crippen LogP contribution < -0.4 is 11.1 Å². The summed E-state index contributed by atoms with van der Waals surface area (Å²) >= 11 is 5.98. The number of nitrogens with one attached hydrogen (secondary N) is 1. The molecule has 0 aliphatic heterocycles. The van der Waals surface area contributed by atoms with Gasteiger partial charge in [-0.1, -0.05) is 48.0 Å². The highest BCUT2D eigenvalue weighted by molar-refractivity contribution is 6.31. The van der Waals surface area contributed by atoms with E-state index in [4.69, 9.17) is 17.3 Å². The van der Waals surface area contributed by atoms with Gasteiger partial charge in [0.25, 0.3) is 0 Å². The molecule has 2 rings (SSSR count). The molecule has 130 valence electrons. The molecule has 0 aliphatic carbocycles. The Bertz CT molecular complexity index is 650. The Labute approximate surface area is 154 Å². The van der Waals surface area contributed by atoms with E-state index in [0.29, 0.717) is 24.7 Å². The molecule has 4 nitrogen and oxygen atoms in total. The highest BCUT2D eigenvalue weighted by Crippen LogP contribution is 2.20. The summed E-state index contributed by atoms with van der Waals surface area (Å²) in [5, 5.41) is 3.53. The Balaban J connectivity index is 0.00000288. The van der Waals surface area contributed by atoms with Gasteiger partial charge in [-0.15, -0.1) is 12.4 Å². The van der Waals surface area contributed by atoms with Crippen molar-refractivity contribution in [2.24, 2.45) is 5.73 Å². The minimum Gasteiger partial charge on any atom is -0.329 e. The van der Waals surface area contributed by atoms with E-state index in [-0.39, 0.29) is 24.9 Å². The van der Waals surface area contributed by atoms with Crippen molar-refractivity contribution < 1.29 is 4.79 Å². The average molecular weight is 368 g/mol. The standard InChI is InChI=1S/C18H22ClN3O.ClH/c1-14-7-8-16(19)11-17(14)21-18(23)13-22(10-9-20)12-15-5-3-2-4-6-15;/h2-8,11H,9-10,12-13,20H2,1H3,(H,21,23);1H. The van der Waals surface area contributed by atoms with E-state index < -0.39 is 0 Å². The number of carbonyl (C=O) groups is 1. The fourth-order valence-corrected chi connectivity index (χ4v) is 2.53. The SMILES string of the molecule is Cc1ccc(Cl)cc1NC(=O)CN(CCN)Cc1ccccc1.Cl. The molecule has 0 heterocycles. The van der Waals surface area contributed by atoms with Gasteiger partial charge in [0.05, 0.1) is 6.54 Å². The second-order valence-electron chi connectivity index (χ2n) is 5.49. The molecule has 0 fully saturated rings. The Morgan fingerprint density at radius 1 is 1.21 bits per heavy atom. The van der Waals surface area contributed by atoms with Crippen LogP contribution in [-0.4, -0.2) is 30.4 Å². The van der Waals surface area contributed by atoms with E-state index in [0.717, 1.165) is 16.8 Å². The minimum absolute atomic E-state index is 0. The zero-order chi connectivity index (χ0) is 16.7. The number of halogens is 2. The molecule has 0 unspecified atom stereocenters. The molecular weight excluding hydrogens is 345 g/mol. The lowest BCUT2D eigenvalue weighted by Gasteiger charge is -2.21. The van der Waals surface area contributed by atoms with Crippen molar-refractivity contribution in [2.45, 2.75) is 13.5 Å². The van der Waals surface area contributed by atoms with Gasteiger partial charge in [-0.2, -0.15) is 0 Å². The summed E-state index contributed by atoms with van der Waals surface area (Å²) in [4.78, 5) is 14.3. The zero-order valence-electron chi connectivity index (χ0n) is 13.7. The first kappa shape index (κ1) is 20.5. The van der Waals surface area contributed by atoms with Crippen LogP contribution in [0.1, 0.15) is 11.1 Å². The van der Waals surface area contributed by atoms with Crippen LogP contribution in [-0.2, 0) is 11.3 Å². The van der Waals surface area contributed by atoms with Crippen molar-refractivity contribution in [3.05, 3.63) is 64.7 Å². The van der Waals surface area contributed by atoms with Gasteiger partial charge in [0.15, 0.2) is 0 Å². The molecule has 0 bridgehead atoms. The van der Waals surface area contributed by atoms with E-state index in [1.807, 2.05) is 54.3 Å². The molecule has 24 heavy (non-hydrogen) atoms. The van der Waals surface area contributed by atoms with Gasteiger partial charge in [-0.3, -0.25) is 9.69 Å². The highest BCUT2D eigenvalue weighted by Gasteiger charge is 2.12. The number of nitrogens with two attached hydrogens (primary N) is 1. The fourth-order valence-electron chi connectivity index (χ4n) is 2.36. The molecule has 0 saturated heterocycles. The molecule has 2 aromatic carbocycles. The Kier molecular flexibility index (Phi) is 8.79. The minimum atomic E-state index is -0.0697. The van der Waals surface area contributed by atoms with Gasteiger partial charge in [0, 0.05) is 30.3 Å². The number of benzene rings is 2. The van der Waals surface area contributed by atoms with E-state index in [9.17, 15) is 4.79 Å². The van der Waals surface area contributed by atoms with Crippen molar-refractivity contribution >= 4 is 35.6 Å². The van der Waals surface area contributed by atoms with Crippen molar-refractivity contribution in [1.82, 2.24) is 4.90 Å². The van der Waals surface area contributed by atoms with Gasteiger partial charge in [-0.25, -0.2) is 0 Å². The number of hydrogen-bond acceptors (Lipinski definition) is 3. The number of hydrogen-bond donors (Lipinski definition) is 2. The molecule has 0 aromatic heterocycles. The average Bonchev–Trinajstić information content (AvgIpc) is 2.52. The van der Waals surface area contributed by atoms with Crippen LogP contribution >= 0.6 is 24.0 Å². The molecule has 1 amide bonds. The lowest BCUT2D eigenvalue weighted by molar-refractivity contribution is -0.117. The zero-order valence-corrected chi connectivity index (χ0v) is 15.2. The van der Waals surface area contributed by atoms with Crippen molar-refractivity contribution in [3.8, 4) is 0 Å².